The van der Waals surface area contributed by atoms with Crippen molar-refractivity contribution in [1.82, 2.24) is 4.68 Å². The largest absolute Gasteiger partial charge is 0.726 e. The fourth-order valence-corrected chi connectivity index (χ4v) is 2.90. The maximum absolute atomic E-state index is 9.22. The molecule has 0 aliphatic heterocycles. The Labute approximate surface area is 154 Å². The number of aromatic nitrogens is 2. The molecule has 0 N–H and O–H groups in total. The molecule has 0 aliphatic rings. The molecule has 0 radical (unpaired) electrons. The molecule has 0 amide bonds. The van der Waals surface area contributed by atoms with Crippen LogP contribution in [0.5, 0.6) is 0 Å². The second-order valence-corrected chi connectivity index (χ2v) is 6.83. The molecular formula is C19H22N2O4S. The maximum Gasteiger partial charge on any atom is 0.241 e. The van der Waals surface area contributed by atoms with Crippen LogP contribution in [0.1, 0.15) is 5.56 Å². The van der Waals surface area contributed by atoms with E-state index in [9.17, 15) is 13.0 Å². The molecule has 138 valence electrons. The van der Waals surface area contributed by atoms with Gasteiger partial charge in [0.15, 0.2) is 7.05 Å². The SMILES string of the molecule is COS(=O)(=O)[O-].Cc1c(-c2ccccc2)n(C)[n+](C)c1-c1ccccc1. The minimum Gasteiger partial charge on any atom is -0.726 e. The van der Waals surface area contributed by atoms with E-state index in [-0.39, 0.29) is 0 Å². The lowest BCUT2D eigenvalue weighted by Gasteiger charge is -2.00. The quantitative estimate of drug-likeness (QED) is 0.401. The molecule has 1 heterocycles. The van der Waals surface area contributed by atoms with Crippen molar-refractivity contribution in [2.45, 2.75) is 6.92 Å². The van der Waals surface area contributed by atoms with Crippen molar-refractivity contribution in [1.29, 1.82) is 0 Å². The van der Waals surface area contributed by atoms with Crippen molar-refractivity contribution in [2.24, 2.45) is 14.1 Å². The molecule has 0 aliphatic carbocycles. The van der Waals surface area contributed by atoms with Crippen molar-refractivity contribution in [3.8, 4) is 22.5 Å². The summed E-state index contributed by atoms with van der Waals surface area (Å²) >= 11 is 0. The highest BCUT2D eigenvalue weighted by Crippen LogP contribution is 2.29. The molecule has 0 spiro atoms. The number of hydrogen-bond acceptors (Lipinski definition) is 4. The predicted molar refractivity (Wildman–Crippen MR) is 98.9 cm³/mol. The van der Waals surface area contributed by atoms with E-state index in [1.54, 1.807) is 0 Å². The Morgan fingerprint density at radius 1 is 0.962 bits per heavy atom. The van der Waals surface area contributed by atoms with Gasteiger partial charge in [0.1, 0.15) is 5.69 Å². The molecule has 0 saturated heterocycles. The van der Waals surface area contributed by atoms with Crippen LogP contribution in [0.4, 0.5) is 0 Å². The summed E-state index contributed by atoms with van der Waals surface area (Å²) < 4.78 is 35.5. The van der Waals surface area contributed by atoms with Crippen LogP contribution in [-0.2, 0) is 28.7 Å². The maximum atomic E-state index is 9.22. The number of rotatable bonds is 3. The highest BCUT2D eigenvalue weighted by Gasteiger charge is 2.24. The van der Waals surface area contributed by atoms with Crippen molar-refractivity contribution < 1.29 is 21.8 Å². The van der Waals surface area contributed by atoms with E-state index < -0.39 is 10.4 Å². The minimum absolute atomic E-state index is 0.808. The minimum atomic E-state index is -4.41. The van der Waals surface area contributed by atoms with Crippen molar-refractivity contribution in [2.75, 3.05) is 7.11 Å². The zero-order chi connectivity index (χ0) is 19.3. The van der Waals surface area contributed by atoms with Crippen LogP contribution < -0.4 is 4.68 Å². The van der Waals surface area contributed by atoms with E-state index >= 15 is 0 Å². The van der Waals surface area contributed by atoms with E-state index in [0.717, 1.165) is 7.11 Å². The summed E-state index contributed by atoms with van der Waals surface area (Å²) in [4.78, 5) is 0. The summed E-state index contributed by atoms with van der Waals surface area (Å²) in [6.07, 6.45) is 0. The summed E-state index contributed by atoms with van der Waals surface area (Å²) in [7, 11) is 0.622. The first-order valence-corrected chi connectivity index (χ1v) is 9.27. The van der Waals surface area contributed by atoms with E-state index in [1.165, 1.54) is 28.1 Å². The van der Waals surface area contributed by atoms with Gasteiger partial charge in [-0.1, -0.05) is 48.5 Å². The Balaban J connectivity index is 0.000000352. The Hall–Kier alpha value is -2.48. The van der Waals surface area contributed by atoms with Gasteiger partial charge >= 0.3 is 0 Å². The van der Waals surface area contributed by atoms with Gasteiger partial charge in [0.05, 0.1) is 19.7 Å². The molecule has 1 aromatic heterocycles. The monoisotopic (exact) mass is 374 g/mol. The molecule has 3 aromatic rings. The molecule has 0 atom stereocenters. The van der Waals surface area contributed by atoms with Gasteiger partial charge in [-0.25, -0.2) is 8.42 Å². The Morgan fingerprint density at radius 3 is 1.81 bits per heavy atom. The zero-order valence-electron chi connectivity index (χ0n) is 15.2. The number of hydrogen-bond donors (Lipinski definition) is 0. The van der Waals surface area contributed by atoms with Gasteiger partial charge in [-0.15, -0.1) is 4.68 Å². The van der Waals surface area contributed by atoms with Gasteiger partial charge in [0.2, 0.25) is 16.1 Å². The van der Waals surface area contributed by atoms with Crippen LogP contribution in [-0.4, -0.2) is 24.8 Å². The lowest BCUT2D eigenvalue weighted by atomic mass is 10.0. The normalized spacial score (nSPS) is 11.0. The second-order valence-electron chi connectivity index (χ2n) is 5.68. The molecule has 7 heteroatoms. The summed E-state index contributed by atoms with van der Waals surface area (Å²) in [5.74, 6) is 0. The van der Waals surface area contributed by atoms with Crippen LogP contribution in [0.25, 0.3) is 22.5 Å². The van der Waals surface area contributed by atoms with Crippen LogP contribution in [0.15, 0.2) is 60.7 Å². The third-order valence-corrected chi connectivity index (χ3v) is 4.51. The first-order chi connectivity index (χ1) is 12.3. The van der Waals surface area contributed by atoms with Crippen LogP contribution in [0, 0.1) is 6.92 Å². The molecule has 26 heavy (non-hydrogen) atoms. The summed E-state index contributed by atoms with van der Waals surface area (Å²) in [6.45, 7) is 2.20. The van der Waals surface area contributed by atoms with Gasteiger partial charge in [0, 0.05) is 11.1 Å². The van der Waals surface area contributed by atoms with Gasteiger partial charge in [-0.05, 0) is 19.1 Å². The van der Waals surface area contributed by atoms with E-state index in [2.05, 4.69) is 95.2 Å². The highest BCUT2D eigenvalue weighted by atomic mass is 32.3. The summed E-state index contributed by atoms with van der Waals surface area (Å²) in [5, 5.41) is 0. The van der Waals surface area contributed by atoms with E-state index in [4.69, 9.17) is 0 Å². The Kier molecular flexibility index (Phi) is 6.31. The lowest BCUT2D eigenvalue weighted by molar-refractivity contribution is -0.740. The highest BCUT2D eigenvalue weighted by molar-refractivity contribution is 7.80. The fraction of sp³-hybridized carbons (Fsp3) is 0.211. The summed E-state index contributed by atoms with van der Waals surface area (Å²) in [5.41, 5.74) is 6.36. The molecule has 0 fully saturated rings. The van der Waals surface area contributed by atoms with Gasteiger partial charge in [0.25, 0.3) is 0 Å². The molecule has 2 aromatic carbocycles. The lowest BCUT2D eigenvalue weighted by Crippen LogP contribution is -2.39. The average molecular weight is 374 g/mol. The number of nitrogens with zero attached hydrogens (tertiary/aromatic N) is 2. The molecule has 6 nitrogen and oxygen atoms in total. The number of benzene rings is 2. The van der Waals surface area contributed by atoms with Crippen LogP contribution >= 0.6 is 0 Å². The van der Waals surface area contributed by atoms with Gasteiger partial charge in [-0.3, -0.25) is 4.18 Å². The zero-order valence-corrected chi connectivity index (χ0v) is 16.0. The molecule has 3 rings (SSSR count). The van der Waals surface area contributed by atoms with E-state index in [1.807, 2.05) is 0 Å². The van der Waals surface area contributed by atoms with Crippen molar-refractivity contribution >= 4 is 10.4 Å². The molecular weight excluding hydrogens is 352 g/mol. The second kappa shape index (κ2) is 8.27. The topological polar surface area (TPSA) is 75.2 Å². The molecule has 0 unspecified atom stereocenters. The van der Waals surface area contributed by atoms with Crippen LogP contribution in [0.3, 0.4) is 0 Å². The van der Waals surface area contributed by atoms with E-state index in [0.29, 0.717) is 0 Å². The average Bonchev–Trinajstić information content (AvgIpc) is 2.85. The first-order valence-electron chi connectivity index (χ1n) is 7.94. The Morgan fingerprint density at radius 2 is 1.38 bits per heavy atom. The first kappa shape index (κ1) is 19.8. The van der Waals surface area contributed by atoms with Gasteiger partial charge < -0.3 is 4.55 Å². The molecule has 0 saturated carbocycles. The smallest absolute Gasteiger partial charge is 0.241 e. The van der Waals surface area contributed by atoms with Crippen LogP contribution in [0.2, 0.25) is 0 Å². The van der Waals surface area contributed by atoms with Crippen molar-refractivity contribution in [3.05, 3.63) is 66.2 Å². The predicted octanol–water partition coefficient (Wildman–Crippen LogP) is 2.59. The van der Waals surface area contributed by atoms with Crippen molar-refractivity contribution in [3.63, 3.8) is 0 Å². The van der Waals surface area contributed by atoms with Gasteiger partial charge in [-0.2, -0.15) is 4.68 Å². The standard InChI is InChI=1S/C18H19N2.CH4O4S/c1-14-17(15-10-6-4-7-11-15)19(2)20(3)18(14)16-12-8-5-9-13-16;1-5-6(2,3)4/h4-13H,1-3H3;1H3,(H,2,3,4)/q+1;/p-1. The third-order valence-electron chi connectivity index (χ3n) is 4.11. The Bertz CT molecular complexity index is 903. The summed E-state index contributed by atoms with van der Waals surface area (Å²) in [6, 6.07) is 21.1. The molecule has 0 bridgehead atoms. The fourth-order valence-electron chi connectivity index (χ4n) is 2.90. The third kappa shape index (κ3) is 4.57.